The van der Waals surface area contributed by atoms with Gasteiger partial charge in [-0.3, -0.25) is 0 Å². The standard InChI is InChI=1S/C13H18F3NO/c1-3-9(4-2)12(17)10-7-5-6-8-11(10)18-13(14,15)16/h5-9,12H,3-4,17H2,1-2H3. The lowest BCUT2D eigenvalue weighted by molar-refractivity contribution is -0.275. The van der Waals surface area contributed by atoms with Crippen LogP contribution in [-0.2, 0) is 0 Å². The van der Waals surface area contributed by atoms with Crippen LogP contribution in [0.2, 0.25) is 0 Å². The van der Waals surface area contributed by atoms with Crippen molar-refractivity contribution in [2.75, 3.05) is 0 Å². The van der Waals surface area contributed by atoms with E-state index in [1.807, 2.05) is 13.8 Å². The lowest BCUT2D eigenvalue weighted by Gasteiger charge is -2.24. The number of rotatable bonds is 5. The number of halogens is 3. The first-order valence-electron chi connectivity index (χ1n) is 5.99. The monoisotopic (exact) mass is 261 g/mol. The SMILES string of the molecule is CCC(CC)C(N)c1ccccc1OC(F)(F)F. The molecule has 1 unspecified atom stereocenters. The van der Waals surface area contributed by atoms with Crippen LogP contribution in [0.4, 0.5) is 13.2 Å². The molecule has 0 aliphatic carbocycles. The fourth-order valence-corrected chi connectivity index (χ4v) is 2.02. The Morgan fingerprint density at radius 1 is 1.17 bits per heavy atom. The molecule has 2 nitrogen and oxygen atoms in total. The third kappa shape index (κ3) is 3.91. The summed E-state index contributed by atoms with van der Waals surface area (Å²) in [5.74, 6) is -0.0626. The second-order valence-corrected chi connectivity index (χ2v) is 4.19. The summed E-state index contributed by atoms with van der Waals surface area (Å²) < 4.78 is 40.9. The van der Waals surface area contributed by atoms with E-state index in [1.165, 1.54) is 12.1 Å². The van der Waals surface area contributed by atoms with E-state index in [0.717, 1.165) is 12.8 Å². The topological polar surface area (TPSA) is 35.2 Å². The Morgan fingerprint density at radius 2 is 1.72 bits per heavy atom. The minimum Gasteiger partial charge on any atom is -0.405 e. The van der Waals surface area contributed by atoms with Crippen molar-refractivity contribution in [2.45, 2.75) is 39.1 Å². The Balaban J connectivity index is 3.01. The second kappa shape index (κ2) is 6.09. The van der Waals surface area contributed by atoms with Crippen LogP contribution in [0.1, 0.15) is 38.3 Å². The molecule has 0 radical (unpaired) electrons. The van der Waals surface area contributed by atoms with Gasteiger partial charge in [-0.2, -0.15) is 0 Å². The van der Waals surface area contributed by atoms with Gasteiger partial charge in [0, 0.05) is 11.6 Å². The van der Waals surface area contributed by atoms with Crippen LogP contribution in [0.5, 0.6) is 5.75 Å². The molecule has 0 fully saturated rings. The van der Waals surface area contributed by atoms with Crippen LogP contribution in [-0.4, -0.2) is 6.36 Å². The van der Waals surface area contributed by atoms with E-state index in [-0.39, 0.29) is 11.7 Å². The number of hydrogen-bond acceptors (Lipinski definition) is 2. The number of ether oxygens (including phenoxy) is 1. The molecule has 2 N–H and O–H groups in total. The lowest BCUT2D eigenvalue weighted by Crippen LogP contribution is -2.24. The molecule has 0 heterocycles. The van der Waals surface area contributed by atoms with E-state index in [4.69, 9.17) is 5.73 Å². The van der Waals surface area contributed by atoms with Crippen LogP contribution >= 0.6 is 0 Å². The molecule has 0 aliphatic heterocycles. The maximum absolute atomic E-state index is 12.3. The third-order valence-electron chi connectivity index (χ3n) is 3.06. The lowest BCUT2D eigenvalue weighted by atomic mass is 9.89. The molecule has 0 aromatic heterocycles. The van der Waals surface area contributed by atoms with Crippen LogP contribution in [0.25, 0.3) is 0 Å². The zero-order valence-corrected chi connectivity index (χ0v) is 10.5. The summed E-state index contributed by atoms with van der Waals surface area (Å²) in [7, 11) is 0. The van der Waals surface area contributed by atoms with Crippen LogP contribution in [0.3, 0.4) is 0 Å². The minimum absolute atomic E-state index is 0.142. The fraction of sp³-hybridized carbons (Fsp3) is 0.538. The first-order valence-corrected chi connectivity index (χ1v) is 5.99. The van der Waals surface area contributed by atoms with Crippen LogP contribution in [0, 0.1) is 5.92 Å². The van der Waals surface area contributed by atoms with Crippen molar-refractivity contribution in [1.29, 1.82) is 0 Å². The molecule has 5 heteroatoms. The zero-order chi connectivity index (χ0) is 13.8. The Morgan fingerprint density at radius 3 is 2.22 bits per heavy atom. The van der Waals surface area contributed by atoms with Gasteiger partial charge in [0.25, 0.3) is 0 Å². The Hall–Kier alpha value is -1.23. The first-order chi connectivity index (χ1) is 8.39. The number of nitrogens with two attached hydrogens (primary N) is 1. The van der Waals surface area contributed by atoms with Crippen LogP contribution in [0.15, 0.2) is 24.3 Å². The smallest absolute Gasteiger partial charge is 0.405 e. The molecule has 0 saturated heterocycles. The van der Waals surface area contributed by atoms with Gasteiger partial charge in [0.05, 0.1) is 0 Å². The van der Waals surface area contributed by atoms with Gasteiger partial charge in [-0.1, -0.05) is 44.9 Å². The molecule has 1 atom stereocenters. The summed E-state index contributed by atoms with van der Waals surface area (Å²) in [4.78, 5) is 0. The van der Waals surface area contributed by atoms with E-state index in [0.29, 0.717) is 5.56 Å². The van der Waals surface area contributed by atoms with Gasteiger partial charge in [-0.05, 0) is 12.0 Å². The average molecular weight is 261 g/mol. The summed E-state index contributed by atoms with van der Waals surface area (Å²) in [6.45, 7) is 3.95. The van der Waals surface area contributed by atoms with Gasteiger partial charge < -0.3 is 10.5 Å². The van der Waals surface area contributed by atoms with E-state index in [1.54, 1.807) is 12.1 Å². The molecule has 0 saturated carbocycles. The summed E-state index contributed by atoms with van der Waals surface area (Å²) in [6, 6.07) is 5.61. The highest BCUT2D eigenvalue weighted by molar-refractivity contribution is 5.36. The molecule has 1 aromatic carbocycles. The summed E-state index contributed by atoms with van der Waals surface area (Å²) >= 11 is 0. The number of para-hydroxylation sites is 1. The Kier molecular flexibility index (Phi) is 5.02. The van der Waals surface area contributed by atoms with Gasteiger partial charge >= 0.3 is 6.36 Å². The van der Waals surface area contributed by atoms with Crippen molar-refractivity contribution in [2.24, 2.45) is 11.7 Å². The van der Waals surface area contributed by atoms with Gasteiger partial charge in [-0.25, -0.2) is 0 Å². The zero-order valence-electron chi connectivity index (χ0n) is 10.5. The molecule has 0 aliphatic rings. The highest BCUT2D eigenvalue weighted by atomic mass is 19.4. The average Bonchev–Trinajstić information content (AvgIpc) is 2.29. The quantitative estimate of drug-likeness (QED) is 0.868. The molecule has 1 aromatic rings. The largest absolute Gasteiger partial charge is 0.573 e. The van der Waals surface area contributed by atoms with Gasteiger partial charge in [0.2, 0.25) is 0 Å². The van der Waals surface area contributed by atoms with E-state index in [2.05, 4.69) is 4.74 Å². The summed E-state index contributed by atoms with van der Waals surface area (Å²) in [6.07, 6.45) is -3.06. The van der Waals surface area contributed by atoms with E-state index < -0.39 is 12.4 Å². The molecule has 1 rings (SSSR count). The Labute approximate surface area is 105 Å². The molecular formula is C13H18F3NO. The number of alkyl halides is 3. The third-order valence-corrected chi connectivity index (χ3v) is 3.06. The maximum atomic E-state index is 12.3. The number of benzene rings is 1. The Bertz CT molecular complexity index is 375. The van der Waals surface area contributed by atoms with Gasteiger partial charge in [0.15, 0.2) is 0 Å². The molecule has 102 valence electrons. The highest BCUT2D eigenvalue weighted by Gasteiger charge is 2.33. The molecule has 0 bridgehead atoms. The van der Waals surface area contributed by atoms with Gasteiger partial charge in [-0.15, -0.1) is 13.2 Å². The van der Waals surface area contributed by atoms with Gasteiger partial charge in [0.1, 0.15) is 5.75 Å². The van der Waals surface area contributed by atoms with Crippen molar-refractivity contribution in [3.63, 3.8) is 0 Å². The van der Waals surface area contributed by atoms with Crippen molar-refractivity contribution >= 4 is 0 Å². The normalized spacial score (nSPS) is 13.7. The molecule has 18 heavy (non-hydrogen) atoms. The van der Waals surface area contributed by atoms with Crippen molar-refractivity contribution in [1.82, 2.24) is 0 Å². The highest BCUT2D eigenvalue weighted by Crippen LogP contribution is 2.34. The maximum Gasteiger partial charge on any atom is 0.573 e. The van der Waals surface area contributed by atoms with Crippen molar-refractivity contribution in [3.8, 4) is 5.75 Å². The van der Waals surface area contributed by atoms with E-state index >= 15 is 0 Å². The summed E-state index contributed by atoms with van der Waals surface area (Å²) in [5.41, 5.74) is 6.44. The number of hydrogen-bond donors (Lipinski definition) is 1. The molecule has 0 amide bonds. The predicted molar refractivity (Wildman–Crippen MR) is 64.1 cm³/mol. The van der Waals surface area contributed by atoms with Crippen molar-refractivity contribution in [3.05, 3.63) is 29.8 Å². The second-order valence-electron chi connectivity index (χ2n) is 4.19. The molecule has 0 spiro atoms. The van der Waals surface area contributed by atoms with Crippen LogP contribution < -0.4 is 10.5 Å². The predicted octanol–water partition coefficient (Wildman–Crippen LogP) is 4.02. The van der Waals surface area contributed by atoms with Crippen molar-refractivity contribution < 1.29 is 17.9 Å². The van der Waals surface area contributed by atoms with E-state index in [9.17, 15) is 13.2 Å². The fourth-order valence-electron chi connectivity index (χ4n) is 2.02. The summed E-state index contributed by atoms with van der Waals surface area (Å²) in [5, 5.41) is 0. The molecular weight excluding hydrogens is 243 g/mol. The first kappa shape index (κ1) is 14.8. The minimum atomic E-state index is -4.69.